The smallest absolute Gasteiger partial charge is 0.338 e. The maximum absolute atomic E-state index is 13.6. The van der Waals surface area contributed by atoms with Gasteiger partial charge in [-0.05, 0) is 108 Å². The van der Waals surface area contributed by atoms with Crippen molar-refractivity contribution in [1.29, 1.82) is 0 Å². The van der Waals surface area contributed by atoms with E-state index < -0.39 is 85.5 Å². The summed E-state index contributed by atoms with van der Waals surface area (Å²) in [5.74, 6) is -0.139. The molecule has 5 aliphatic carbocycles. The molecule has 7 aliphatic rings. The first kappa shape index (κ1) is 46.5. The molecular weight excluding hydrogens is 801 g/mol. The van der Waals surface area contributed by atoms with Crippen LogP contribution in [-0.4, -0.2) is 140 Å². The molecule has 2 heterocycles. The molecule has 0 amide bonds. The Bertz CT molecular complexity index is 1820. The van der Waals surface area contributed by atoms with Crippen molar-refractivity contribution >= 4 is 5.97 Å². The van der Waals surface area contributed by atoms with Gasteiger partial charge in [-0.15, -0.1) is 0 Å². The molecule has 0 radical (unpaired) electrons. The fourth-order valence-corrected chi connectivity index (χ4v) is 14.6. The standard InChI is InChI=1S/C48H72O14/c1-43(2)19-27-26-13-14-31-45(5)17-16-33(61-41-38(56)39(28(51)23-58-41)62-42-37(55)36(54)35(53)29(22-49)59-42)44(3,4)30(45)15-18-46(31,6)47(26,7)20-32(52)48(27,24-50)34(21-43)60-40(57)25-11-9-8-10-12-25/h8-13,27-39,41-42,49-56H,14-24H2,1-7H3/t27-,28+,29-,30+,31-,32+,33+,34-,35-,36+,37-,38-,39+,41+,42+,45+,46-,47-,48+/m1/s1. The summed E-state index contributed by atoms with van der Waals surface area (Å²) in [5.41, 5.74) is -0.596. The molecule has 1 aromatic rings. The van der Waals surface area contributed by atoms with Crippen LogP contribution in [0.15, 0.2) is 42.0 Å². The highest BCUT2D eigenvalue weighted by Gasteiger charge is 2.72. The lowest BCUT2D eigenvalue weighted by Crippen LogP contribution is -2.69. The molecule has 4 saturated carbocycles. The summed E-state index contributed by atoms with van der Waals surface area (Å²) in [6.07, 6.45) is -6.62. The van der Waals surface area contributed by atoms with Gasteiger partial charge in [0, 0.05) is 0 Å². The van der Waals surface area contributed by atoms with E-state index in [1.165, 1.54) is 5.57 Å². The predicted molar refractivity (Wildman–Crippen MR) is 224 cm³/mol. The number of hydrogen-bond donors (Lipinski definition) is 8. The van der Waals surface area contributed by atoms with Gasteiger partial charge in [0.15, 0.2) is 12.6 Å². The number of esters is 1. The van der Waals surface area contributed by atoms with Crippen molar-refractivity contribution in [2.75, 3.05) is 19.8 Å². The van der Waals surface area contributed by atoms with E-state index in [1.807, 2.05) is 6.07 Å². The molecule has 14 nitrogen and oxygen atoms in total. The van der Waals surface area contributed by atoms with Crippen molar-refractivity contribution in [3.8, 4) is 0 Å². The number of fused-ring (bicyclic) bond motifs is 7. The molecule has 2 aliphatic heterocycles. The van der Waals surface area contributed by atoms with E-state index in [-0.39, 0.29) is 64.1 Å². The minimum atomic E-state index is -1.71. The SMILES string of the molecule is CC1(C)C[C@@H]2C3=CC[C@@H]4[C@@]5(C)CC[C@H](O[C@@H]6OC[C@H](O)[C@H](O[C@@H]7O[C@H](CO)[C@@H](O)[C@H](O)[C@H]7O)[C@H]6O)C(C)(C)[C@@H]5CC[C@@]4(C)[C@]3(C)C[C@H](O)[C@@]2(CO)[C@H](OC(=O)c2ccccc2)C1. The molecule has 0 spiro atoms. The van der Waals surface area contributed by atoms with Crippen LogP contribution < -0.4 is 0 Å². The quantitative estimate of drug-likeness (QED) is 0.107. The third-order valence-electron chi connectivity index (χ3n) is 18.2. The van der Waals surface area contributed by atoms with Crippen LogP contribution in [0, 0.1) is 50.2 Å². The first-order valence-corrected chi connectivity index (χ1v) is 22.9. The third kappa shape index (κ3) is 7.08. The highest BCUT2D eigenvalue weighted by molar-refractivity contribution is 5.89. The number of hydrogen-bond acceptors (Lipinski definition) is 14. The molecule has 8 N–H and O–H groups in total. The number of allylic oxidation sites excluding steroid dienone is 2. The summed E-state index contributed by atoms with van der Waals surface area (Å²) in [6.45, 7) is 14.9. The monoisotopic (exact) mass is 872 g/mol. The Morgan fingerprint density at radius 1 is 0.774 bits per heavy atom. The summed E-state index contributed by atoms with van der Waals surface area (Å²) in [7, 11) is 0. The second-order valence-electron chi connectivity index (χ2n) is 22.2. The van der Waals surface area contributed by atoms with Crippen LogP contribution >= 0.6 is 0 Å². The minimum absolute atomic E-state index is 0.117. The van der Waals surface area contributed by atoms with E-state index in [0.717, 1.165) is 32.1 Å². The summed E-state index contributed by atoms with van der Waals surface area (Å²) < 4.78 is 30.3. The van der Waals surface area contributed by atoms with Gasteiger partial charge in [0.1, 0.15) is 48.8 Å². The van der Waals surface area contributed by atoms with Gasteiger partial charge in [-0.25, -0.2) is 4.79 Å². The molecule has 348 valence electrons. The average Bonchev–Trinajstić information content (AvgIpc) is 3.21. The maximum atomic E-state index is 13.6. The van der Waals surface area contributed by atoms with Gasteiger partial charge >= 0.3 is 5.97 Å². The van der Waals surface area contributed by atoms with E-state index >= 15 is 0 Å². The van der Waals surface area contributed by atoms with Gasteiger partial charge in [-0.1, -0.05) is 78.3 Å². The Morgan fingerprint density at radius 3 is 2.16 bits per heavy atom. The fraction of sp³-hybridized carbons (Fsp3) is 0.812. The lowest BCUT2D eigenvalue weighted by molar-refractivity contribution is -0.357. The first-order valence-electron chi connectivity index (χ1n) is 22.9. The van der Waals surface area contributed by atoms with E-state index in [4.69, 9.17) is 23.7 Å². The normalized spacial score (nSPS) is 49.6. The van der Waals surface area contributed by atoms with Crippen molar-refractivity contribution < 1.29 is 69.3 Å². The number of benzene rings is 1. The summed E-state index contributed by atoms with van der Waals surface area (Å²) in [4.78, 5) is 13.6. The van der Waals surface area contributed by atoms with Gasteiger partial charge in [0.2, 0.25) is 0 Å². The number of aliphatic hydroxyl groups excluding tert-OH is 8. The Hall–Kier alpha value is -2.05. The highest BCUT2D eigenvalue weighted by Crippen LogP contribution is 2.76. The summed E-state index contributed by atoms with van der Waals surface area (Å²) in [6, 6.07) is 8.92. The predicted octanol–water partition coefficient (Wildman–Crippen LogP) is 3.24. The molecule has 0 bridgehead atoms. The Morgan fingerprint density at radius 2 is 1.48 bits per heavy atom. The zero-order chi connectivity index (χ0) is 44.9. The maximum Gasteiger partial charge on any atom is 0.338 e. The Balaban J connectivity index is 1.02. The average molecular weight is 873 g/mol. The minimum Gasteiger partial charge on any atom is -0.458 e. The van der Waals surface area contributed by atoms with E-state index in [0.29, 0.717) is 24.8 Å². The van der Waals surface area contributed by atoms with Crippen molar-refractivity contribution in [1.82, 2.24) is 0 Å². The molecule has 8 rings (SSSR count). The first-order chi connectivity index (χ1) is 29.1. The van der Waals surface area contributed by atoms with E-state index in [1.54, 1.807) is 24.3 Å². The van der Waals surface area contributed by atoms with Crippen LogP contribution in [0.2, 0.25) is 0 Å². The van der Waals surface area contributed by atoms with Gasteiger partial charge in [0.05, 0.1) is 43.0 Å². The van der Waals surface area contributed by atoms with E-state index in [2.05, 4.69) is 54.5 Å². The number of aliphatic hydroxyl groups is 8. The van der Waals surface area contributed by atoms with E-state index in [9.17, 15) is 45.6 Å². The van der Waals surface area contributed by atoms with Crippen LogP contribution in [0.4, 0.5) is 0 Å². The van der Waals surface area contributed by atoms with Crippen LogP contribution in [0.25, 0.3) is 0 Å². The fourth-order valence-electron chi connectivity index (χ4n) is 14.6. The molecular formula is C48H72O14. The molecule has 19 atom stereocenters. The lowest BCUT2D eigenvalue weighted by atomic mass is 9.33. The van der Waals surface area contributed by atoms with Crippen molar-refractivity contribution in [2.24, 2.45) is 50.2 Å². The van der Waals surface area contributed by atoms with Crippen LogP contribution in [-0.2, 0) is 23.7 Å². The Kier molecular flexibility index (Phi) is 12.3. The molecule has 1 aromatic carbocycles. The van der Waals surface area contributed by atoms with Gasteiger partial charge < -0.3 is 64.5 Å². The third-order valence-corrected chi connectivity index (χ3v) is 18.2. The molecule has 6 fully saturated rings. The molecule has 0 aromatic heterocycles. The largest absolute Gasteiger partial charge is 0.458 e. The molecule has 2 saturated heterocycles. The van der Waals surface area contributed by atoms with Crippen LogP contribution in [0.1, 0.15) is 110 Å². The van der Waals surface area contributed by atoms with Gasteiger partial charge in [-0.2, -0.15) is 0 Å². The Labute approximate surface area is 365 Å². The van der Waals surface area contributed by atoms with Crippen molar-refractivity contribution in [2.45, 2.75) is 173 Å². The summed E-state index contributed by atoms with van der Waals surface area (Å²) >= 11 is 0. The lowest BCUT2D eigenvalue weighted by Gasteiger charge is -2.72. The van der Waals surface area contributed by atoms with Crippen LogP contribution in [0.3, 0.4) is 0 Å². The number of carbonyl (C=O) groups is 1. The van der Waals surface area contributed by atoms with Crippen molar-refractivity contribution in [3.63, 3.8) is 0 Å². The van der Waals surface area contributed by atoms with Crippen molar-refractivity contribution in [3.05, 3.63) is 47.5 Å². The molecule has 14 heteroatoms. The van der Waals surface area contributed by atoms with Crippen LogP contribution in [0.5, 0.6) is 0 Å². The number of ether oxygens (including phenoxy) is 5. The van der Waals surface area contributed by atoms with Gasteiger partial charge in [-0.3, -0.25) is 0 Å². The summed E-state index contributed by atoms with van der Waals surface area (Å²) in [5, 5.41) is 87.2. The molecule has 0 unspecified atom stereocenters. The molecule has 62 heavy (non-hydrogen) atoms. The van der Waals surface area contributed by atoms with Gasteiger partial charge in [0.25, 0.3) is 0 Å². The second kappa shape index (κ2) is 16.4. The zero-order valence-electron chi connectivity index (χ0n) is 37.4. The zero-order valence-corrected chi connectivity index (χ0v) is 37.4. The second-order valence-corrected chi connectivity index (χ2v) is 22.2. The highest BCUT2D eigenvalue weighted by atomic mass is 16.7. The topological polar surface area (TPSA) is 225 Å². The number of rotatable bonds is 8. The number of carbonyl (C=O) groups excluding carboxylic acids is 1.